The van der Waals surface area contributed by atoms with Crippen LogP contribution in [0.25, 0.3) is 22.3 Å². The average molecular weight is 506 g/mol. The van der Waals surface area contributed by atoms with Gasteiger partial charge in [0.15, 0.2) is 23.0 Å². The summed E-state index contributed by atoms with van der Waals surface area (Å²) in [7, 11) is 1.46. The molecule has 0 unspecified atom stereocenters. The number of halogens is 5. The Morgan fingerprint density at radius 1 is 1.08 bits per heavy atom. The van der Waals surface area contributed by atoms with Crippen LogP contribution in [-0.4, -0.2) is 48.0 Å². The lowest BCUT2D eigenvalue weighted by atomic mass is 9.85. The van der Waals surface area contributed by atoms with Gasteiger partial charge in [0.25, 0.3) is 0 Å². The summed E-state index contributed by atoms with van der Waals surface area (Å²) in [6.45, 7) is 0.827. The zero-order valence-electron chi connectivity index (χ0n) is 18.8. The maximum atomic E-state index is 14.7. The van der Waals surface area contributed by atoms with E-state index in [2.05, 4.69) is 20.1 Å². The number of alkyl halides is 3. The van der Waals surface area contributed by atoms with Gasteiger partial charge in [-0.25, -0.2) is 18.4 Å². The fourth-order valence-electron chi connectivity index (χ4n) is 4.38. The van der Waals surface area contributed by atoms with Gasteiger partial charge in [0, 0.05) is 49.9 Å². The lowest BCUT2D eigenvalue weighted by Crippen LogP contribution is -2.43. The Morgan fingerprint density at radius 3 is 2.44 bits per heavy atom. The molecule has 3 aromatic heterocycles. The third-order valence-electron chi connectivity index (χ3n) is 6.38. The lowest BCUT2D eigenvalue weighted by molar-refractivity contribution is -0.140. The molecule has 2 N–H and O–H groups in total. The Labute approximate surface area is 200 Å². The molecule has 1 saturated heterocycles. The largest absolute Gasteiger partial charge is 0.503 e. The highest BCUT2D eigenvalue weighted by Crippen LogP contribution is 2.41. The van der Waals surface area contributed by atoms with Crippen LogP contribution in [-0.2, 0) is 18.8 Å². The standard InChI is InChI=1S/C23H19F5N6O2/c1-33-20-14(18(32-33)13-9-15(23(26,27)28)17(25)19(35)16(13)24)11-30-21(31-20)34-7-4-22(36,5-8-34)12-3-2-6-29-10-12/h2-3,6,9-11,35-36H,4-5,7-8H2,1H3. The van der Waals surface area contributed by atoms with E-state index < -0.39 is 40.3 Å². The van der Waals surface area contributed by atoms with E-state index in [0.717, 1.165) is 0 Å². The van der Waals surface area contributed by atoms with E-state index >= 15 is 0 Å². The van der Waals surface area contributed by atoms with Crippen LogP contribution in [0.2, 0.25) is 0 Å². The van der Waals surface area contributed by atoms with Crippen LogP contribution in [0.5, 0.6) is 5.75 Å². The first-order valence-corrected chi connectivity index (χ1v) is 10.9. The van der Waals surface area contributed by atoms with Crippen molar-refractivity contribution in [3.8, 4) is 17.0 Å². The minimum Gasteiger partial charge on any atom is -0.503 e. The van der Waals surface area contributed by atoms with E-state index in [1.165, 1.54) is 17.9 Å². The molecule has 36 heavy (non-hydrogen) atoms. The first-order chi connectivity index (χ1) is 17.0. The topological polar surface area (TPSA) is 100 Å². The molecular weight excluding hydrogens is 487 g/mol. The van der Waals surface area contributed by atoms with E-state index in [-0.39, 0.29) is 22.8 Å². The van der Waals surface area contributed by atoms with E-state index in [1.54, 1.807) is 24.5 Å². The first kappa shape index (κ1) is 23.9. The number of rotatable bonds is 3. The van der Waals surface area contributed by atoms with Gasteiger partial charge >= 0.3 is 6.18 Å². The fraction of sp³-hybridized carbons (Fsp3) is 0.304. The van der Waals surface area contributed by atoms with Gasteiger partial charge < -0.3 is 15.1 Å². The molecule has 0 spiro atoms. The number of aryl methyl sites for hydroxylation is 1. The van der Waals surface area contributed by atoms with Crippen LogP contribution >= 0.6 is 0 Å². The van der Waals surface area contributed by atoms with Crippen LogP contribution in [0.4, 0.5) is 27.9 Å². The van der Waals surface area contributed by atoms with Crippen LogP contribution in [0.1, 0.15) is 24.0 Å². The third-order valence-corrected chi connectivity index (χ3v) is 6.38. The minimum absolute atomic E-state index is 0.114. The monoisotopic (exact) mass is 506 g/mol. The van der Waals surface area contributed by atoms with Crippen LogP contribution in [0.15, 0.2) is 36.8 Å². The highest BCUT2D eigenvalue weighted by molar-refractivity contribution is 5.91. The zero-order valence-corrected chi connectivity index (χ0v) is 18.8. The highest BCUT2D eigenvalue weighted by atomic mass is 19.4. The van der Waals surface area contributed by atoms with Crippen molar-refractivity contribution in [1.29, 1.82) is 0 Å². The molecule has 13 heteroatoms. The number of anilines is 1. The third kappa shape index (κ3) is 3.88. The van der Waals surface area contributed by atoms with Crippen LogP contribution in [0, 0.1) is 11.6 Å². The number of aliphatic hydroxyl groups is 1. The van der Waals surface area contributed by atoms with Crippen molar-refractivity contribution < 1.29 is 32.2 Å². The summed E-state index contributed by atoms with van der Waals surface area (Å²) in [5.41, 5.74) is -2.97. The molecule has 0 amide bonds. The van der Waals surface area contributed by atoms with E-state index in [4.69, 9.17) is 0 Å². The number of pyridine rings is 1. The zero-order chi connectivity index (χ0) is 25.8. The van der Waals surface area contributed by atoms with Crippen molar-refractivity contribution in [3.05, 3.63) is 59.6 Å². The maximum Gasteiger partial charge on any atom is 0.419 e. The molecule has 0 atom stereocenters. The number of hydrogen-bond acceptors (Lipinski definition) is 7. The van der Waals surface area contributed by atoms with Crippen molar-refractivity contribution in [2.75, 3.05) is 18.0 Å². The van der Waals surface area contributed by atoms with Crippen LogP contribution < -0.4 is 4.90 Å². The Hall–Kier alpha value is -3.87. The Balaban J connectivity index is 1.49. The molecule has 1 fully saturated rings. The summed E-state index contributed by atoms with van der Waals surface area (Å²) in [5.74, 6) is -5.12. The van der Waals surface area contributed by atoms with Crippen molar-refractivity contribution in [1.82, 2.24) is 24.7 Å². The predicted octanol–water partition coefficient (Wildman–Crippen LogP) is 3.92. The average Bonchev–Trinajstić information content (AvgIpc) is 3.18. The Morgan fingerprint density at radius 2 is 1.81 bits per heavy atom. The van der Waals surface area contributed by atoms with Gasteiger partial charge in [-0.15, -0.1) is 0 Å². The first-order valence-electron chi connectivity index (χ1n) is 10.9. The quantitative estimate of drug-likeness (QED) is 0.407. The summed E-state index contributed by atoms with van der Waals surface area (Å²) in [6, 6.07) is 3.82. The van der Waals surface area contributed by atoms with Gasteiger partial charge in [-0.2, -0.15) is 23.3 Å². The molecule has 1 aliphatic rings. The molecule has 0 radical (unpaired) electrons. The summed E-state index contributed by atoms with van der Waals surface area (Å²) < 4.78 is 69.5. The van der Waals surface area contributed by atoms with Gasteiger partial charge in [0.05, 0.1) is 16.6 Å². The Kier molecular flexibility index (Phi) is 5.54. The van der Waals surface area contributed by atoms with Crippen LogP contribution in [0.3, 0.4) is 0 Å². The smallest absolute Gasteiger partial charge is 0.419 e. The summed E-state index contributed by atoms with van der Waals surface area (Å²) >= 11 is 0. The molecule has 1 aromatic carbocycles. The number of piperidine rings is 1. The van der Waals surface area contributed by atoms with E-state index in [0.29, 0.717) is 37.4 Å². The van der Waals surface area contributed by atoms with Gasteiger partial charge in [-0.1, -0.05) is 6.07 Å². The summed E-state index contributed by atoms with van der Waals surface area (Å²) in [5, 5.41) is 24.9. The number of phenolic OH excluding ortho intramolecular Hbond substituents is 1. The number of aromatic hydroxyl groups is 1. The second-order valence-corrected chi connectivity index (χ2v) is 8.59. The molecule has 0 saturated carbocycles. The van der Waals surface area contributed by atoms with Crippen molar-refractivity contribution in [3.63, 3.8) is 0 Å². The minimum atomic E-state index is -5.16. The fourth-order valence-corrected chi connectivity index (χ4v) is 4.38. The molecule has 1 aliphatic heterocycles. The molecule has 8 nitrogen and oxygen atoms in total. The van der Waals surface area contributed by atoms with Crippen molar-refractivity contribution in [2.45, 2.75) is 24.6 Å². The van der Waals surface area contributed by atoms with Gasteiger partial charge in [-0.3, -0.25) is 4.98 Å². The molecule has 0 aliphatic carbocycles. The molecule has 188 valence electrons. The van der Waals surface area contributed by atoms with Crippen molar-refractivity contribution >= 4 is 17.0 Å². The second kappa shape index (κ2) is 8.36. The molecule has 0 bridgehead atoms. The molecule has 4 aromatic rings. The number of aromatic nitrogens is 5. The SMILES string of the molecule is Cn1nc(-c2cc(C(F)(F)F)c(F)c(O)c2F)c2cnc(N3CCC(O)(c4cccnc4)CC3)nc21. The molecule has 5 rings (SSSR count). The normalized spacial score (nSPS) is 16.0. The highest BCUT2D eigenvalue weighted by Gasteiger charge is 2.38. The summed E-state index contributed by atoms with van der Waals surface area (Å²) in [6.07, 6.45) is 0.135. The van der Waals surface area contributed by atoms with Crippen molar-refractivity contribution in [2.24, 2.45) is 7.05 Å². The molecular formula is C23H19F5N6O2. The lowest BCUT2D eigenvalue weighted by Gasteiger charge is -2.38. The van der Waals surface area contributed by atoms with Gasteiger partial charge in [-0.05, 0) is 25.0 Å². The number of benzene rings is 1. The summed E-state index contributed by atoms with van der Waals surface area (Å²) in [4.78, 5) is 14.6. The maximum absolute atomic E-state index is 14.7. The number of fused-ring (bicyclic) bond motifs is 1. The number of nitrogens with zero attached hydrogens (tertiary/aromatic N) is 6. The van der Waals surface area contributed by atoms with Gasteiger partial charge in [0.2, 0.25) is 5.95 Å². The Bertz CT molecular complexity index is 1450. The van der Waals surface area contributed by atoms with Gasteiger partial charge in [0.1, 0.15) is 5.69 Å². The second-order valence-electron chi connectivity index (χ2n) is 8.59. The van der Waals surface area contributed by atoms with E-state index in [9.17, 15) is 32.2 Å². The predicted molar refractivity (Wildman–Crippen MR) is 118 cm³/mol. The number of hydrogen-bond donors (Lipinski definition) is 2. The van der Waals surface area contributed by atoms with E-state index in [1.807, 2.05) is 4.90 Å². The number of phenols is 1. The molecule has 4 heterocycles.